The van der Waals surface area contributed by atoms with E-state index < -0.39 is 86.8 Å². The number of rotatable bonds is 40. The lowest BCUT2D eigenvalue weighted by Crippen LogP contribution is -2.65. The molecule has 2 fully saturated rings. The number of aliphatic hydroxyl groups is 8. The molecule has 2 aliphatic rings. The van der Waals surface area contributed by atoms with E-state index in [-0.39, 0.29) is 18.9 Å². The number of hydrogen-bond acceptors (Lipinski definition) is 13. The molecule has 14 nitrogen and oxygen atoms in total. The third kappa shape index (κ3) is 24.7. The van der Waals surface area contributed by atoms with Gasteiger partial charge in [-0.25, -0.2) is 0 Å². The van der Waals surface area contributed by atoms with Crippen LogP contribution in [0.3, 0.4) is 0 Å². The van der Waals surface area contributed by atoms with Crippen molar-refractivity contribution in [3.05, 3.63) is 12.2 Å². The molecule has 0 aromatic rings. The molecule has 0 aromatic carbocycles. The Kier molecular flexibility index (Phi) is 34.7. The SMILES string of the molecule is CCCCCCCCCCCCCC=C[C@@H](O)[C@H](CO[C@@H]1O[C@H](CO)[C@@H](O[C@@H]2O[C@H](CO)[C@H](O)[C@H](O)[C@H]2O)[C@H](O)[C@H]1O)NC(=O)CCCCCCCCCCCCCCCCCCC. The van der Waals surface area contributed by atoms with E-state index in [1.165, 1.54) is 141 Å². The Labute approximate surface area is 386 Å². The molecule has 0 aliphatic carbocycles. The maximum atomic E-state index is 13.2. The highest BCUT2D eigenvalue weighted by atomic mass is 16.7. The standard InChI is InChI=1S/C50H95NO13/c1-3-5-7-9-11-13-15-17-18-19-20-22-24-26-28-30-32-34-42(55)51-38(39(54)33-31-29-27-25-23-21-16-14-12-10-8-6-4-2)37-61-49-47(60)45(58)48(41(36-53)63-49)64-50-46(59)44(57)43(56)40(35-52)62-50/h31,33,38-41,43-50,52-54,56-60H,3-30,32,34-37H2,1-2H3,(H,51,55)/t38-,39+,40+,41+,43-,44-,45+,46+,47+,48+,49+,50-/m0/s1. The number of amides is 1. The van der Waals surface area contributed by atoms with Crippen molar-refractivity contribution in [3.63, 3.8) is 0 Å². The minimum absolute atomic E-state index is 0.237. The fourth-order valence-corrected chi connectivity index (χ4v) is 8.70. The topological polar surface area (TPSA) is 228 Å². The first-order valence-corrected chi connectivity index (χ1v) is 25.9. The minimum Gasteiger partial charge on any atom is -0.394 e. The van der Waals surface area contributed by atoms with E-state index in [1.807, 2.05) is 6.08 Å². The number of carbonyl (C=O) groups excluding carboxylic acids is 1. The van der Waals surface area contributed by atoms with Gasteiger partial charge in [-0.05, 0) is 19.3 Å². The van der Waals surface area contributed by atoms with Crippen LogP contribution in [-0.4, -0.2) is 140 Å². The first-order valence-electron chi connectivity index (χ1n) is 25.9. The van der Waals surface area contributed by atoms with E-state index in [0.29, 0.717) is 6.42 Å². The van der Waals surface area contributed by atoms with Gasteiger partial charge in [0.2, 0.25) is 5.91 Å². The summed E-state index contributed by atoms with van der Waals surface area (Å²) in [6, 6.07) is -0.907. The molecule has 0 aromatic heterocycles. The molecule has 2 saturated heterocycles. The normalized spacial score (nSPS) is 27.3. The lowest BCUT2D eigenvalue weighted by atomic mass is 9.97. The average Bonchev–Trinajstić information content (AvgIpc) is 3.29. The summed E-state index contributed by atoms with van der Waals surface area (Å²) in [7, 11) is 0. The number of ether oxygens (including phenoxy) is 4. The molecular formula is C50H95NO13. The summed E-state index contributed by atoms with van der Waals surface area (Å²) < 4.78 is 22.7. The van der Waals surface area contributed by atoms with Gasteiger partial charge in [0.1, 0.15) is 48.8 Å². The Hall–Kier alpha value is -1.27. The molecule has 64 heavy (non-hydrogen) atoms. The molecule has 14 heteroatoms. The van der Waals surface area contributed by atoms with Crippen LogP contribution < -0.4 is 5.32 Å². The van der Waals surface area contributed by atoms with Gasteiger partial charge in [0.15, 0.2) is 12.6 Å². The van der Waals surface area contributed by atoms with E-state index in [9.17, 15) is 45.6 Å². The fourth-order valence-electron chi connectivity index (χ4n) is 8.70. The summed E-state index contributed by atoms with van der Waals surface area (Å²) in [6.07, 6.45) is 22.5. The number of aliphatic hydroxyl groups excluding tert-OH is 8. The number of nitrogens with one attached hydrogen (secondary N) is 1. The molecule has 378 valence electrons. The summed E-state index contributed by atoms with van der Waals surface area (Å²) in [6.45, 7) is 2.79. The first kappa shape index (κ1) is 58.9. The zero-order chi connectivity index (χ0) is 46.8. The second-order valence-corrected chi connectivity index (χ2v) is 18.7. The molecule has 0 bridgehead atoms. The van der Waals surface area contributed by atoms with Gasteiger partial charge in [-0.3, -0.25) is 4.79 Å². The van der Waals surface area contributed by atoms with Crippen molar-refractivity contribution < 1.29 is 64.6 Å². The van der Waals surface area contributed by atoms with Crippen molar-refractivity contribution in [2.24, 2.45) is 0 Å². The van der Waals surface area contributed by atoms with Crippen LogP contribution in [0.5, 0.6) is 0 Å². The highest BCUT2D eigenvalue weighted by Crippen LogP contribution is 2.30. The van der Waals surface area contributed by atoms with Crippen LogP contribution in [0.25, 0.3) is 0 Å². The van der Waals surface area contributed by atoms with E-state index in [4.69, 9.17) is 18.9 Å². The molecule has 0 spiro atoms. The maximum absolute atomic E-state index is 13.2. The van der Waals surface area contributed by atoms with E-state index >= 15 is 0 Å². The molecule has 0 unspecified atom stereocenters. The van der Waals surface area contributed by atoms with Gasteiger partial charge in [0, 0.05) is 6.42 Å². The molecule has 12 atom stereocenters. The Bertz CT molecular complexity index is 1130. The second kappa shape index (κ2) is 37.7. The second-order valence-electron chi connectivity index (χ2n) is 18.7. The zero-order valence-corrected chi connectivity index (χ0v) is 40.0. The fraction of sp³-hybridized carbons (Fsp3) is 0.940. The van der Waals surface area contributed by atoms with Crippen molar-refractivity contribution in [2.45, 2.75) is 280 Å². The van der Waals surface area contributed by atoms with Gasteiger partial charge in [-0.1, -0.05) is 193 Å². The van der Waals surface area contributed by atoms with E-state index in [2.05, 4.69) is 19.2 Å². The van der Waals surface area contributed by atoms with Gasteiger partial charge in [0.05, 0.1) is 32.0 Å². The van der Waals surface area contributed by atoms with Gasteiger partial charge in [-0.15, -0.1) is 0 Å². The largest absolute Gasteiger partial charge is 0.394 e. The van der Waals surface area contributed by atoms with Crippen LogP contribution in [0, 0.1) is 0 Å². The summed E-state index contributed by atoms with van der Waals surface area (Å²) in [5, 5.41) is 86.7. The molecular weight excluding hydrogens is 823 g/mol. The maximum Gasteiger partial charge on any atom is 0.220 e. The van der Waals surface area contributed by atoms with Crippen LogP contribution in [0.1, 0.15) is 206 Å². The Morgan fingerprint density at radius 2 is 0.969 bits per heavy atom. The minimum atomic E-state index is -1.78. The number of unbranched alkanes of at least 4 members (excludes halogenated alkanes) is 27. The van der Waals surface area contributed by atoms with E-state index in [1.54, 1.807) is 6.08 Å². The first-order chi connectivity index (χ1) is 31.1. The summed E-state index contributed by atoms with van der Waals surface area (Å²) >= 11 is 0. The molecule has 2 aliphatic heterocycles. The third-order valence-corrected chi connectivity index (χ3v) is 13.0. The predicted octanol–water partition coefficient (Wildman–Crippen LogP) is 6.77. The van der Waals surface area contributed by atoms with Crippen molar-refractivity contribution in [3.8, 4) is 0 Å². The van der Waals surface area contributed by atoms with Crippen LogP contribution in [0.2, 0.25) is 0 Å². The zero-order valence-electron chi connectivity index (χ0n) is 40.0. The Morgan fingerprint density at radius 3 is 1.44 bits per heavy atom. The smallest absolute Gasteiger partial charge is 0.220 e. The van der Waals surface area contributed by atoms with Gasteiger partial charge < -0.3 is 65.1 Å². The lowest BCUT2D eigenvalue weighted by Gasteiger charge is -2.46. The summed E-state index contributed by atoms with van der Waals surface area (Å²) in [4.78, 5) is 13.2. The van der Waals surface area contributed by atoms with Crippen LogP contribution in [0.15, 0.2) is 12.2 Å². The molecule has 2 heterocycles. The molecule has 1 amide bonds. The third-order valence-electron chi connectivity index (χ3n) is 13.0. The predicted molar refractivity (Wildman–Crippen MR) is 249 cm³/mol. The monoisotopic (exact) mass is 918 g/mol. The van der Waals surface area contributed by atoms with Crippen LogP contribution in [0.4, 0.5) is 0 Å². The van der Waals surface area contributed by atoms with Crippen molar-refractivity contribution >= 4 is 5.91 Å². The molecule has 9 N–H and O–H groups in total. The van der Waals surface area contributed by atoms with Crippen molar-refractivity contribution in [1.82, 2.24) is 5.32 Å². The number of allylic oxidation sites excluding steroid dienone is 1. The van der Waals surface area contributed by atoms with Crippen LogP contribution >= 0.6 is 0 Å². The number of carbonyl (C=O) groups is 1. The molecule has 2 rings (SSSR count). The molecule has 0 radical (unpaired) electrons. The quantitative estimate of drug-likeness (QED) is 0.0229. The Morgan fingerprint density at radius 1 is 0.547 bits per heavy atom. The van der Waals surface area contributed by atoms with E-state index in [0.717, 1.165) is 38.5 Å². The summed E-state index contributed by atoms with van der Waals surface area (Å²) in [5.41, 5.74) is 0. The highest BCUT2D eigenvalue weighted by Gasteiger charge is 2.51. The van der Waals surface area contributed by atoms with Crippen molar-refractivity contribution in [1.29, 1.82) is 0 Å². The van der Waals surface area contributed by atoms with Gasteiger partial charge in [0.25, 0.3) is 0 Å². The Balaban J connectivity index is 1.83. The van der Waals surface area contributed by atoms with Crippen LogP contribution in [-0.2, 0) is 23.7 Å². The average molecular weight is 918 g/mol. The lowest BCUT2D eigenvalue weighted by molar-refractivity contribution is -0.359. The summed E-state index contributed by atoms with van der Waals surface area (Å²) in [5.74, 6) is -0.237. The van der Waals surface area contributed by atoms with Gasteiger partial charge >= 0.3 is 0 Å². The molecule has 0 saturated carbocycles. The number of hydrogen-bond donors (Lipinski definition) is 9. The van der Waals surface area contributed by atoms with Crippen molar-refractivity contribution in [2.75, 3.05) is 19.8 Å². The highest BCUT2D eigenvalue weighted by molar-refractivity contribution is 5.76. The van der Waals surface area contributed by atoms with Gasteiger partial charge in [-0.2, -0.15) is 0 Å².